The van der Waals surface area contributed by atoms with Crippen LogP contribution in [0.1, 0.15) is 30.5 Å². The molecule has 7 nitrogen and oxygen atoms in total. The van der Waals surface area contributed by atoms with Crippen LogP contribution in [0.15, 0.2) is 53.7 Å². The fraction of sp³-hybridized carbons (Fsp3) is 0.417. The van der Waals surface area contributed by atoms with Crippen molar-refractivity contribution in [2.45, 2.75) is 33.0 Å². The Morgan fingerprint density at radius 2 is 1.74 bits per heavy atom. The molecule has 0 spiro atoms. The van der Waals surface area contributed by atoms with Gasteiger partial charge in [0.15, 0.2) is 6.61 Å². The summed E-state index contributed by atoms with van der Waals surface area (Å²) in [4.78, 5) is 16.5. The van der Waals surface area contributed by atoms with Crippen molar-refractivity contribution in [3.63, 3.8) is 0 Å². The maximum Gasteiger partial charge on any atom is 0.364 e. The van der Waals surface area contributed by atoms with Crippen LogP contribution in [0, 0.1) is 12.8 Å². The van der Waals surface area contributed by atoms with E-state index < -0.39 is 11.8 Å². The molecule has 0 bridgehead atoms. The number of hydrogen-bond acceptors (Lipinski definition) is 6. The van der Waals surface area contributed by atoms with Crippen molar-refractivity contribution in [1.82, 2.24) is 0 Å². The van der Waals surface area contributed by atoms with E-state index in [1.54, 1.807) is 0 Å². The van der Waals surface area contributed by atoms with Gasteiger partial charge in [-0.3, -0.25) is 0 Å². The Morgan fingerprint density at radius 3 is 2.35 bits per heavy atom. The molecule has 166 valence electrons. The molecule has 1 N–H and O–H groups in total. The number of carbonyl (C=O) groups is 1. The molecule has 0 amide bonds. The number of carboxylic acids is 1. The molecular weight excluding hydrogens is 398 g/mol. The Morgan fingerprint density at radius 1 is 1.10 bits per heavy atom. The predicted octanol–water partition coefficient (Wildman–Crippen LogP) is 3.82. The first-order valence-corrected chi connectivity index (χ1v) is 10.3. The molecule has 1 aliphatic rings. The third-order valence-corrected chi connectivity index (χ3v) is 5.14. The molecule has 1 heterocycles. The minimum absolute atomic E-state index is 0.113. The van der Waals surface area contributed by atoms with Gasteiger partial charge in [-0.2, -0.15) is 0 Å². The molecule has 3 rings (SSSR count). The maximum absolute atomic E-state index is 11.1. The van der Waals surface area contributed by atoms with Gasteiger partial charge in [0.2, 0.25) is 0 Å². The first-order valence-electron chi connectivity index (χ1n) is 10.3. The number of benzene rings is 2. The fourth-order valence-electron chi connectivity index (χ4n) is 3.13. The van der Waals surface area contributed by atoms with Crippen LogP contribution in [0.3, 0.4) is 0 Å². The Labute approximate surface area is 182 Å². The third-order valence-electron chi connectivity index (χ3n) is 5.14. The average Bonchev–Trinajstić information content (AvgIpc) is 2.76. The molecular formula is C24H29NO6. The number of carboxylic acid groups (broad SMARTS) is 1. The Hall–Kier alpha value is -2.90. The highest BCUT2D eigenvalue weighted by molar-refractivity contribution is 5.98. The quantitative estimate of drug-likeness (QED) is 0.372. The molecule has 0 atom stereocenters. The summed E-state index contributed by atoms with van der Waals surface area (Å²) in [6.45, 7) is 6.82. The van der Waals surface area contributed by atoms with Gasteiger partial charge in [0.25, 0.3) is 5.79 Å². The normalized spacial score (nSPS) is 21.5. The predicted molar refractivity (Wildman–Crippen MR) is 116 cm³/mol. The van der Waals surface area contributed by atoms with Gasteiger partial charge in [0, 0.05) is 12.8 Å². The van der Waals surface area contributed by atoms with Crippen molar-refractivity contribution in [3.05, 3.63) is 65.2 Å². The molecule has 31 heavy (non-hydrogen) atoms. The van der Waals surface area contributed by atoms with Gasteiger partial charge < -0.3 is 24.2 Å². The first-order chi connectivity index (χ1) is 14.9. The monoisotopic (exact) mass is 427 g/mol. The number of aliphatic carboxylic acids is 1. The maximum atomic E-state index is 11.1. The molecule has 7 heteroatoms. The smallest absolute Gasteiger partial charge is 0.364 e. The Kier molecular flexibility index (Phi) is 7.65. The second-order valence-corrected chi connectivity index (χ2v) is 7.81. The molecule has 0 aromatic heterocycles. The van der Waals surface area contributed by atoms with Gasteiger partial charge in [-0.15, -0.1) is 0 Å². The summed E-state index contributed by atoms with van der Waals surface area (Å²) in [6, 6.07) is 15.9. The standard InChI is InChI=1S/C24H29NO6/c1-17-4-8-21(9-5-17)18(2)25-31-13-12-28-22-10-6-19(7-11-22)14-20-15-29-24(3,23(26)27)30-16-20/h4-11,20H,12-16H2,1-3H3,(H,26,27)/b25-18+. The highest BCUT2D eigenvalue weighted by Crippen LogP contribution is 2.24. The van der Waals surface area contributed by atoms with Crippen LogP contribution in [0.25, 0.3) is 0 Å². The minimum Gasteiger partial charge on any atom is -0.490 e. The van der Waals surface area contributed by atoms with E-state index in [1.165, 1.54) is 12.5 Å². The third kappa shape index (κ3) is 6.54. The molecule has 2 aromatic rings. The van der Waals surface area contributed by atoms with Crippen molar-refractivity contribution in [1.29, 1.82) is 0 Å². The van der Waals surface area contributed by atoms with Gasteiger partial charge in [0.05, 0.1) is 18.9 Å². The molecule has 0 unspecified atom stereocenters. The van der Waals surface area contributed by atoms with E-state index in [2.05, 4.69) is 5.16 Å². The topological polar surface area (TPSA) is 86.6 Å². The number of nitrogens with zero attached hydrogens (tertiary/aromatic N) is 1. The van der Waals surface area contributed by atoms with Crippen molar-refractivity contribution in [2.75, 3.05) is 26.4 Å². The van der Waals surface area contributed by atoms with E-state index in [0.717, 1.165) is 29.0 Å². The van der Waals surface area contributed by atoms with Crippen molar-refractivity contribution < 1.29 is 28.9 Å². The summed E-state index contributed by atoms with van der Waals surface area (Å²) in [7, 11) is 0. The minimum atomic E-state index is -1.54. The molecule has 1 saturated heterocycles. The van der Waals surface area contributed by atoms with Crippen LogP contribution >= 0.6 is 0 Å². The lowest BCUT2D eigenvalue weighted by molar-refractivity contribution is -0.270. The summed E-state index contributed by atoms with van der Waals surface area (Å²) in [5.41, 5.74) is 4.17. The van der Waals surface area contributed by atoms with Crippen molar-refractivity contribution in [2.24, 2.45) is 11.1 Å². The van der Waals surface area contributed by atoms with Crippen LogP contribution in [0.2, 0.25) is 0 Å². The number of hydrogen-bond donors (Lipinski definition) is 1. The molecule has 1 fully saturated rings. The number of aryl methyl sites for hydroxylation is 1. The van der Waals surface area contributed by atoms with E-state index in [9.17, 15) is 4.79 Å². The van der Waals surface area contributed by atoms with Gasteiger partial charge in [-0.1, -0.05) is 47.1 Å². The highest BCUT2D eigenvalue weighted by atomic mass is 16.7. The summed E-state index contributed by atoms with van der Waals surface area (Å²) < 4.78 is 16.5. The Balaban J connectivity index is 1.37. The van der Waals surface area contributed by atoms with Crippen LogP contribution in [-0.4, -0.2) is 49.0 Å². The van der Waals surface area contributed by atoms with E-state index in [4.69, 9.17) is 24.2 Å². The largest absolute Gasteiger partial charge is 0.490 e. The van der Waals surface area contributed by atoms with Crippen LogP contribution < -0.4 is 4.74 Å². The number of rotatable bonds is 9. The molecule has 0 saturated carbocycles. The van der Waals surface area contributed by atoms with Gasteiger partial charge in [-0.05, 0) is 43.5 Å². The van der Waals surface area contributed by atoms with E-state index >= 15 is 0 Å². The van der Waals surface area contributed by atoms with Gasteiger partial charge in [-0.25, -0.2) is 4.79 Å². The van der Waals surface area contributed by atoms with Crippen LogP contribution in [0.4, 0.5) is 0 Å². The second kappa shape index (κ2) is 10.4. The molecule has 0 radical (unpaired) electrons. The first kappa shape index (κ1) is 22.8. The Bertz CT molecular complexity index is 883. The molecule has 0 aliphatic carbocycles. The van der Waals surface area contributed by atoms with Crippen molar-refractivity contribution in [3.8, 4) is 5.75 Å². The zero-order chi connectivity index (χ0) is 22.3. The van der Waals surface area contributed by atoms with E-state index in [1.807, 2.05) is 62.4 Å². The SMILES string of the molecule is C/C(=N\OCCOc1ccc(CC2COC(C)(C(=O)O)OC2)cc1)c1ccc(C)cc1. The number of oxime groups is 1. The average molecular weight is 427 g/mol. The summed E-state index contributed by atoms with van der Waals surface area (Å²) in [6.07, 6.45) is 0.742. The molecule has 1 aliphatic heterocycles. The molecule has 2 aromatic carbocycles. The van der Waals surface area contributed by atoms with Crippen LogP contribution in [0.5, 0.6) is 5.75 Å². The zero-order valence-electron chi connectivity index (χ0n) is 18.2. The second-order valence-electron chi connectivity index (χ2n) is 7.81. The lowest BCUT2D eigenvalue weighted by atomic mass is 9.99. The summed E-state index contributed by atoms with van der Waals surface area (Å²) >= 11 is 0. The fourth-order valence-corrected chi connectivity index (χ4v) is 3.13. The van der Waals surface area contributed by atoms with Gasteiger partial charge in [0.1, 0.15) is 12.4 Å². The van der Waals surface area contributed by atoms with Crippen LogP contribution in [-0.2, 0) is 25.5 Å². The van der Waals surface area contributed by atoms with E-state index in [-0.39, 0.29) is 5.92 Å². The van der Waals surface area contributed by atoms with Crippen molar-refractivity contribution >= 4 is 11.7 Å². The number of ether oxygens (including phenoxy) is 3. The lowest BCUT2D eigenvalue weighted by Crippen LogP contribution is -2.48. The highest BCUT2D eigenvalue weighted by Gasteiger charge is 2.40. The lowest BCUT2D eigenvalue weighted by Gasteiger charge is -2.34. The summed E-state index contributed by atoms with van der Waals surface area (Å²) in [5, 5.41) is 13.2. The van der Waals surface area contributed by atoms with Gasteiger partial charge >= 0.3 is 5.97 Å². The zero-order valence-corrected chi connectivity index (χ0v) is 18.2. The summed E-state index contributed by atoms with van der Waals surface area (Å²) in [5.74, 6) is -1.78. The van der Waals surface area contributed by atoms with E-state index in [0.29, 0.717) is 26.4 Å².